The van der Waals surface area contributed by atoms with Crippen molar-refractivity contribution in [2.24, 2.45) is 0 Å². The zero-order chi connectivity index (χ0) is 9.52. The molecule has 0 radical (unpaired) electrons. The molecule has 0 heterocycles. The summed E-state index contributed by atoms with van der Waals surface area (Å²) in [5.41, 5.74) is 0.760. The summed E-state index contributed by atoms with van der Waals surface area (Å²) in [6, 6.07) is 9.15. The SMILES string of the molecule is COOC(=O)C#Cc1ccccc1. The second-order valence-electron chi connectivity index (χ2n) is 2.15. The molecular weight excluding hydrogens is 168 g/mol. The monoisotopic (exact) mass is 176 g/mol. The fourth-order valence-corrected chi connectivity index (χ4v) is 0.741. The lowest BCUT2D eigenvalue weighted by molar-refractivity contribution is -0.248. The van der Waals surface area contributed by atoms with E-state index in [-0.39, 0.29) is 0 Å². The van der Waals surface area contributed by atoms with Crippen molar-refractivity contribution >= 4 is 5.97 Å². The molecule has 0 aliphatic rings. The van der Waals surface area contributed by atoms with E-state index >= 15 is 0 Å². The highest BCUT2D eigenvalue weighted by atomic mass is 17.2. The maximum absolute atomic E-state index is 10.7. The fourth-order valence-electron chi connectivity index (χ4n) is 0.741. The second-order valence-corrected chi connectivity index (χ2v) is 2.15. The van der Waals surface area contributed by atoms with Crippen LogP contribution in [0.15, 0.2) is 30.3 Å². The first-order chi connectivity index (χ1) is 6.33. The van der Waals surface area contributed by atoms with Gasteiger partial charge < -0.3 is 0 Å². The summed E-state index contributed by atoms with van der Waals surface area (Å²) in [7, 11) is 1.25. The van der Waals surface area contributed by atoms with Gasteiger partial charge in [0.15, 0.2) is 0 Å². The van der Waals surface area contributed by atoms with Crippen LogP contribution in [0.5, 0.6) is 0 Å². The highest BCUT2D eigenvalue weighted by Crippen LogP contribution is 1.94. The minimum atomic E-state index is -0.702. The van der Waals surface area contributed by atoms with Gasteiger partial charge in [0.1, 0.15) is 0 Å². The quantitative estimate of drug-likeness (QED) is 0.365. The second kappa shape index (κ2) is 4.96. The molecule has 1 aromatic rings. The van der Waals surface area contributed by atoms with Crippen LogP contribution >= 0.6 is 0 Å². The zero-order valence-electron chi connectivity index (χ0n) is 7.11. The number of rotatable bonds is 1. The van der Waals surface area contributed by atoms with Crippen LogP contribution < -0.4 is 0 Å². The Bertz CT molecular complexity index is 332. The molecule has 0 aliphatic carbocycles. The Hall–Kier alpha value is -1.79. The Morgan fingerprint density at radius 2 is 2.00 bits per heavy atom. The van der Waals surface area contributed by atoms with E-state index in [1.165, 1.54) is 7.11 Å². The van der Waals surface area contributed by atoms with Crippen molar-refractivity contribution in [1.82, 2.24) is 0 Å². The third kappa shape index (κ3) is 3.41. The third-order valence-corrected chi connectivity index (χ3v) is 1.24. The molecule has 0 spiro atoms. The number of benzene rings is 1. The Kier molecular flexibility index (Phi) is 3.55. The molecule has 0 saturated carbocycles. The Balaban J connectivity index is 2.62. The lowest BCUT2D eigenvalue weighted by atomic mass is 10.2. The molecule has 0 atom stereocenters. The molecule has 0 N–H and O–H groups in total. The number of carbonyl (C=O) groups is 1. The largest absolute Gasteiger partial charge is 0.416 e. The predicted octanol–water partition coefficient (Wildman–Crippen LogP) is 1.14. The van der Waals surface area contributed by atoms with Crippen LogP contribution in [0.3, 0.4) is 0 Å². The molecule has 3 nitrogen and oxygen atoms in total. The van der Waals surface area contributed by atoms with Gasteiger partial charge in [-0.25, -0.2) is 4.79 Å². The zero-order valence-corrected chi connectivity index (χ0v) is 7.11. The van der Waals surface area contributed by atoms with Crippen molar-refractivity contribution < 1.29 is 14.6 Å². The molecule has 0 aliphatic heterocycles. The molecule has 3 heteroatoms. The van der Waals surface area contributed by atoms with Crippen molar-refractivity contribution in [3.8, 4) is 11.8 Å². The Morgan fingerprint density at radius 1 is 1.31 bits per heavy atom. The summed E-state index contributed by atoms with van der Waals surface area (Å²) in [5, 5.41) is 0. The summed E-state index contributed by atoms with van der Waals surface area (Å²) < 4.78 is 0. The van der Waals surface area contributed by atoms with Crippen LogP contribution in [0.25, 0.3) is 0 Å². The van der Waals surface area contributed by atoms with Crippen LogP contribution in [0.1, 0.15) is 5.56 Å². The van der Waals surface area contributed by atoms with Gasteiger partial charge in [-0.2, -0.15) is 4.89 Å². The molecule has 1 rings (SSSR count). The molecular formula is C10H8O3. The van der Waals surface area contributed by atoms with E-state index in [0.717, 1.165) is 5.56 Å². The Morgan fingerprint density at radius 3 is 2.62 bits per heavy atom. The normalized spacial score (nSPS) is 8.38. The molecule has 0 amide bonds. The molecule has 0 fully saturated rings. The van der Waals surface area contributed by atoms with Gasteiger partial charge in [-0.05, 0) is 12.1 Å². The summed E-state index contributed by atoms with van der Waals surface area (Å²) in [4.78, 5) is 19.0. The minimum absolute atomic E-state index is 0.702. The van der Waals surface area contributed by atoms with E-state index in [4.69, 9.17) is 0 Å². The highest BCUT2D eigenvalue weighted by Gasteiger charge is 1.93. The average molecular weight is 176 g/mol. The Labute approximate surface area is 76.2 Å². The fraction of sp³-hybridized carbons (Fsp3) is 0.100. The van der Waals surface area contributed by atoms with Crippen molar-refractivity contribution in [1.29, 1.82) is 0 Å². The first kappa shape index (κ1) is 9.30. The lowest BCUT2D eigenvalue weighted by Gasteiger charge is -1.89. The molecule has 13 heavy (non-hydrogen) atoms. The van der Waals surface area contributed by atoms with Crippen LogP contribution in [0.4, 0.5) is 0 Å². The van der Waals surface area contributed by atoms with Gasteiger partial charge in [-0.15, -0.1) is 0 Å². The molecule has 1 aromatic carbocycles. The van der Waals surface area contributed by atoms with Gasteiger partial charge >= 0.3 is 5.97 Å². The smallest absolute Gasteiger partial charge is 0.284 e. The van der Waals surface area contributed by atoms with Crippen LogP contribution in [-0.4, -0.2) is 13.1 Å². The van der Waals surface area contributed by atoms with Crippen molar-refractivity contribution in [3.63, 3.8) is 0 Å². The standard InChI is InChI=1S/C10H8O3/c1-12-13-10(11)8-7-9-5-3-2-4-6-9/h2-6H,1H3. The molecule has 66 valence electrons. The summed E-state index contributed by atoms with van der Waals surface area (Å²) in [6.45, 7) is 0. The van der Waals surface area contributed by atoms with E-state index in [2.05, 4.69) is 21.6 Å². The van der Waals surface area contributed by atoms with Gasteiger partial charge in [0.2, 0.25) is 0 Å². The predicted molar refractivity (Wildman–Crippen MR) is 46.4 cm³/mol. The van der Waals surface area contributed by atoms with E-state index in [1.54, 1.807) is 12.1 Å². The van der Waals surface area contributed by atoms with Crippen molar-refractivity contribution in [3.05, 3.63) is 35.9 Å². The highest BCUT2D eigenvalue weighted by molar-refractivity contribution is 5.88. The van der Waals surface area contributed by atoms with Gasteiger partial charge in [0.25, 0.3) is 0 Å². The molecule has 0 saturated heterocycles. The van der Waals surface area contributed by atoms with E-state index < -0.39 is 5.97 Å². The summed E-state index contributed by atoms with van der Waals surface area (Å²) >= 11 is 0. The average Bonchev–Trinajstić information content (AvgIpc) is 2.17. The van der Waals surface area contributed by atoms with E-state index in [9.17, 15) is 4.79 Å². The lowest BCUT2D eigenvalue weighted by Crippen LogP contribution is -1.98. The van der Waals surface area contributed by atoms with Crippen LogP contribution in [-0.2, 0) is 14.6 Å². The minimum Gasteiger partial charge on any atom is -0.284 e. The number of hydrogen-bond acceptors (Lipinski definition) is 3. The topological polar surface area (TPSA) is 35.5 Å². The molecule has 0 bridgehead atoms. The molecule has 0 unspecified atom stereocenters. The maximum Gasteiger partial charge on any atom is 0.416 e. The van der Waals surface area contributed by atoms with Gasteiger partial charge in [-0.1, -0.05) is 24.1 Å². The first-order valence-electron chi connectivity index (χ1n) is 3.64. The number of carbonyl (C=O) groups excluding carboxylic acids is 1. The van der Waals surface area contributed by atoms with Crippen LogP contribution in [0.2, 0.25) is 0 Å². The van der Waals surface area contributed by atoms with E-state index in [0.29, 0.717) is 0 Å². The first-order valence-corrected chi connectivity index (χ1v) is 3.64. The van der Waals surface area contributed by atoms with Gasteiger partial charge in [0, 0.05) is 11.5 Å². The van der Waals surface area contributed by atoms with Crippen molar-refractivity contribution in [2.45, 2.75) is 0 Å². The van der Waals surface area contributed by atoms with Crippen molar-refractivity contribution in [2.75, 3.05) is 7.11 Å². The third-order valence-electron chi connectivity index (χ3n) is 1.24. The number of hydrogen-bond donors (Lipinski definition) is 0. The van der Waals surface area contributed by atoms with Gasteiger partial charge in [-0.3, -0.25) is 4.89 Å². The van der Waals surface area contributed by atoms with Gasteiger partial charge in [0.05, 0.1) is 7.11 Å². The maximum atomic E-state index is 10.7. The summed E-state index contributed by atoms with van der Waals surface area (Å²) in [6.07, 6.45) is 0. The van der Waals surface area contributed by atoms with E-state index in [1.807, 2.05) is 18.2 Å². The summed E-state index contributed by atoms with van der Waals surface area (Å²) in [5.74, 6) is 4.19. The van der Waals surface area contributed by atoms with Crippen LogP contribution in [0, 0.1) is 11.8 Å². The molecule has 0 aromatic heterocycles.